The molecule has 126 valence electrons. The highest BCUT2D eigenvalue weighted by molar-refractivity contribution is 7.14. The lowest BCUT2D eigenvalue weighted by Crippen LogP contribution is -2.12. The number of nitrogens with one attached hydrogen (secondary N) is 1. The van der Waals surface area contributed by atoms with Gasteiger partial charge in [0.25, 0.3) is 11.6 Å². The second-order valence-electron chi connectivity index (χ2n) is 5.62. The zero-order valence-corrected chi connectivity index (χ0v) is 14.5. The third-order valence-corrected chi connectivity index (χ3v) is 4.49. The van der Waals surface area contributed by atoms with Crippen molar-refractivity contribution in [2.45, 2.75) is 13.8 Å². The molecule has 1 aromatic heterocycles. The van der Waals surface area contributed by atoms with Gasteiger partial charge in [0.05, 0.1) is 10.6 Å². The van der Waals surface area contributed by atoms with Crippen LogP contribution in [0.15, 0.2) is 47.8 Å². The summed E-state index contributed by atoms with van der Waals surface area (Å²) in [5.74, 6) is -0.345. The highest BCUT2D eigenvalue weighted by atomic mass is 32.1. The Hall–Kier alpha value is -3.06. The summed E-state index contributed by atoms with van der Waals surface area (Å²) in [7, 11) is 0. The highest BCUT2D eigenvalue weighted by Crippen LogP contribution is 2.26. The van der Waals surface area contributed by atoms with E-state index in [1.807, 2.05) is 36.6 Å². The zero-order valence-electron chi connectivity index (χ0n) is 13.6. The summed E-state index contributed by atoms with van der Waals surface area (Å²) in [5, 5.41) is 15.9. The van der Waals surface area contributed by atoms with E-state index in [0.29, 0.717) is 16.3 Å². The lowest BCUT2D eigenvalue weighted by Gasteiger charge is -2.03. The van der Waals surface area contributed by atoms with Gasteiger partial charge in [0.1, 0.15) is 0 Å². The molecule has 0 radical (unpaired) electrons. The van der Waals surface area contributed by atoms with E-state index in [1.54, 1.807) is 6.92 Å². The summed E-state index contributed by atoms with van der Waals surface area (Å²) in [6.07, 6.45) is 0. The average Bonchev–Trinajstić information content (AvgIpc) is 3.03. The Morgan fingerprint density at radius 2 is 1.88 bits per heavy atom. The van der Waals surface area contributed by atoms with Crippen molar-refractivity contribution < 1.29 is 9.72 Å². The van der Waals surface area contributed by atoms with Gasteiger partial charge in [0.2, 0.25) is 0 Å². The van der Waals surface area contributed by atoms with Gasteiger partial charge in [-0.3, -0.25) is 20.2 Å². The van der Waals surface area contributed by atoms with Crippen LogP contribution < -0.4 is 5.32 Å². The van der Waals surface area contributed by atoms with Crippen LogP contribution in [0.3, 0.4) is 0 Å². The minimum atomic E-state index is -0.467. The van der Waals surface area contributed by atoms with E-state index < -0.39 is 4.92 Å². The summed E-state index contributed by atoms with van der Waals surface area (Å²) in [6, 6.07) is 12.3. The Bertz CT molecular complexity index is 948. The molecule has 2 aromatic carbocycles. The molecule has 6 nitrogen and oxygen atoms in total. The molecule has 0 spiro atoms. The standard InChI is InChI=1S/C18H15N3O3S/c1-11-3-5-13(6-4-11)15-10-25-18(19-15)20-17(22)14-7-8-16(21(23)24)12(2)9-14/h3-10H,1-2H3,(H,19,20,22). The summed E-state index contributed by atoms with van der Waals surface area (Å²) >= 11 is 1.33. The molecule has 1 heterocycles. The third kappa shape index (κ3) is 3.72. The second-order valence-corrected chi connectivity index (χ2v) is 6.47. The Labute approximate surface area is 148 Å². The van der Waals surface area contributed by atoms with E-state index in [9.17, 15) is 14.9 Å². The quantitative estimate of drug-likeness (QED) is 0.549. The van der Waals surface area contributed by atoms with Gasteiger partial charge in [-0.25, -0.2) is 4.98 Å². The Balaban J connectivity index is 1.76. The topological polar surface area (TPSA) is 85.1 Å². The number of aromatic nitrogens is 1. The first-order valence-electron chi connectivity index (χ1n) is 7.53. The minimum absolute atomic E-state index is 0.00699. The predicted molar refractivity (Wildman–Crippen MR) is 98.1 cm³/mol. The molecule has 3 rings (SSSR count). The molecule has 3 aromatic rings. The number of anilines is 1. The van der Waals surface area contributed by atoms with Crippen LogP contribution in [0.2, 0.25) is 0 Å². The lowest BCUT2D eigenvalue weighted by atomic mass is 10.1. The van der Waals surface area contributed by atoms with Crippen LogP contribution in [0.1, 0.15) is 21.5 Å². The molecule has 0 unspecified atom stereocenters. The van der Waals surface area contributed by atoms with Gasteiger partial charge in [-0.15, -0.1) is 11.3 Å². The fraction of sp³-hybridized carbons (Fsp3) is 0.111. The molecule has 0 fully saturated rings. The Morgan fingerprint density at radius 1 is 1.16 bits per heavy atom. The number of hydrogen-bond acceptors (Lipinski definition) is 5. The van der Waals surface area contributed by atoms with Crippen LogP contribution in [0.4, 0.5) is 10.8 Å². The van der Waals surface area contributed by atoms with Crippen LogP contribution in [-0.4, -0.2) is 15.8 Å². The maximum absolute atomic E-state index is 12.3. The number of carbonyl (C=O) groups is 1. The van der Waals surface area contributed by atoms with E-state index in [2.05, 4.69) is 10.3 Å². The maximum atomic E-state index is 12.3. The molecular formula is C18H15N3O3S. The van der Waals surface area contributed by atoms with Crippen LogP contribution in [0.5, 0.6) is 0 Å². The molecule has 25 heavy (non-hydrogen) atoms. The van der Waals surface area contributed by atoms with Gasteiger partial charge in [0.15, 0.2) is 5.13 Å². The van der Waals surface area contributed by atoms with Crippen molar-refractivity contribution in [3.63, 3.8) is 0 Å². The molecule has 0 saturated carbocycles. The van der Waals surface area contributed by atoms with Gasteiger partial charge in [0, 0.05) is 28.1 Å². The van der Waals surface area contributed by atoms with E-state index in [0.717, 1.165) is 11.3 Å². The molecule has 0 saturated heterocycles. The number of thiazole rings is 1. The SMILES string of the molecule is Cc1ccc(-c2csc(NC(=O)c3ccc([N+](=O)[O-])c(C)c3)n2)cc1. The monoisotopic (exact) mass is 353 g/mol. The summed E-state index contributed by atoms with van der Waals surface area (Å²) in [4.78, 5) is 27.1. The number of rotatable bonds is 4. The summed E-state index contributed by atoms with van der Waals surface area (Å²) in [5.41, 5.74) is 3.73. The smallest absolute Gasteiger partial charge is 0.272 e. The van der Waals surface area contributed by atoms with Crippen molar-refractivity contribution in [2.24, 2.45) is 0 Å². The number of aryl methyl sites for hydroxylation is 2. The molecular weight excluding hydrogens is 338 g/mol. The maximum Gasteiger partial charge on any atom is 0.272 e. The van der Waals surface area contributed by atoms with Gasteiger partial charge < -0.3 is 0 Å². The number of carbonyl (C=O) groups excluding carboxylic acids is 1. The number of benzene rings is 2. The van der Waals surface area contributed by atoms with E-state index >= 15 is 0 Å². The molecule has 0 atom stereocenters. The van der Waals surface area contributed by atoms with Crippen molar-refractivity contribution >= 4 is 28.1 Å². The van der Waals surface area contributed by atoms with Crippen molar-refractivity contribution in [1.29, 1.82) is 0 Å². The van der Waals surface area contributed by atoms with E-state index in [-0.39, 0.29) is 11.6 Å². The van der Waals surface area contributed by atoms with E-state index in [4.69, 9.17) is 0 Å². The first-order valence-corrected chi connectivity index (χ1v) is 8.41. The van der Waals surface area contributed by atoms with Crippen molar-refractivity contribution in [3.05, 3.63) is 74.6 Å². The fourth-order valence-corrected chi connectivity index (χ4v) is 3.07. The number of amides is 1. The molecule has 0 aliphatic heterocycles. The number of nitro groups is 1. The number of nitro benzene ring substituents is 1. The molecule has 0 bridgehead atoms. The first-order chi connectivity index (χ1) is 11.9. The zero-order chi connectivity index (χ0) is 18.0. The van der Waals surface area contributed by atoms with Gasteiger partial charge in [-0.05, 0) is 26.0 Å². The number of nitrogens with zero attached hydrogens (tertiary/aromatic N) is 2. The van der Waals surface area contributed by atoms with Crippen LogP contribution in [0, 0.1) is 24.0 Å². The van der Waals surface area contributed by atoms with Crippen LogP contribution >= 0.6 is 11.3 Å². The van der Waals surface area contributed by atoms with Gasteiger partial charge >= 0.3 is 0 Å². The Morgan fingerprint density at radius 3 is 2.52 bits per heavy atom. The lowest BCUT2D eigenvalue weighted by molar-refractivity contribution is -0.385. The van der Waals surface area contributed by atoms with Crippen molar-refractivity contribution in [2.75, 3.05) is 5.32 Å². The average molecular weight is 353 g/mol. The fourth-order valence-electron chi connectivity index (χ4n) is 2.36. The predicted octanol–water partition coefficient (Wildman–Crippen LogP) is 4.59. The van der Waals surface area contributed by atoms with Gasteiger partial charge in [-0.1, -0.05) is 29.8 Å². The van der Waals surface area contributed by atoms with Crippen LogP contribution in [0.25, 0.3) is 11.3 Å². The van der Waals surface area contributed by atoms with E-state index in [1.165, 1.54) is 35.1 Å². The largest absolute Gasteiger partial charge is 0.298 e. The first kappa shape index (κ1) is 16.8. The van der Waals surface area contributed by atoms with Crippen molar-refractivity contribution in [3.8, 4) is 11.3 Å². The van der Waals surface area contributed by atoms with Crippen LogP contribution in [-0.2, 0) is 0 Å². The molecule has 1 N–H and O–H groups in total. The van der Waals surface area contributed by atoms with Gasteiger partial charge in [-0.2, -0.15) is 0 Å². The molecule has 0 aliphatic rings. The molecule has 0 aliphatic carbocycles. The third-order valence-electron chi connectivity index (χ3n) is 3.73. The normalized spacial score (nSPS) is 10.5. The minimum Gasteiger partial charge on any atom is -0.298 e. The van der Waals surface area contributed by atoms with Crippen molar-refractivity contribution in [1.82, 2.24) is 4.98 Å². The summed E-state index contributed by atoms with van der Waals surface area (Å²) < 4.78 is 0. The highest BCUT2D eigenvalue weighted by Gasteiger charge is 2.15. The molecule has 1 amide bonds. The number of hydrogen-bond donors (Lipinski definition) is 1. The molecule has 7 heteroatoms. The Kier molecular flexibility index (Phi) is 4.58. The summed E-state index contributed by atoms with van der Waals surface area (Å²) in [6.45, 7) is 3.62. The second kappa shape index (κ2) is 6.82.